The molecule has 0 amide bonds. The first-order valence-electron chi connectivity index (χ1n) is 4.82. The van der Waals surface area contributed by atoms with E-state index in [1.807, 2.05) is 32.2 Å². The number of ether oxygens (including phenoxy) is 1. The number of carbonyl (C=O) groups is 1. The molecule has 0 fully saturated rings. The number of thiophene rings is 1. The summed E-state index contributed by atoms with van der Waals surface area (Å²) in [5.74, 6) is -0.372. The van der Waals surface area contributed by atoms with Crippen molar-refractivity contribution in [3.8, 4) is 0 Å². The Kier molecular flexibility index (Phi) is 3.88. The van der Waals surface area contributed by atoms with Crippen LogP contribution in [0.1, 0.15) is 38.2 Å². The van der Waals surface area contributed by atoms with Crippen molar-refractivity contribution in [1.29, 1.82) is 0 Å². The lowest BCUT2D eigenvalue weighted by atomic mass is 10.2. The molecule has 1 N–H and O–H groups in total. The van der Waals surface area contributed by atoms with E-state index in [9.17, 15) is 9.90 Å². The highest BCUT2D eigenvalue weighted by Crippen LogP contribution is 2.22. The summed E-state index contributed by atoms with van der Waals surface area (Å²) in [6, 6.07) is 3.65. The minimum Gasteiger partial charge on any atom is -0.460 e. The number of aliphatic hydroxyl groups is 1. The van der Waals surface area contributed by atoms with Crippen LogP contribution in [0.2, 0.25) is 0 Å². The van der Waals surface area contributed by atoms with Gasteiger partial charge >= 0.3 is 5.97 Å². The van der Waals surface area contributed by atoms with Gasteiger partial charge in [-0.15, -0.1) is 11.3 Å². The van der Waals surface area contributed by atoms with E-state index in [-0.39, 0.29) is 12.4 Å². The highest BCUT2D eigenvalue weighted by atomic mass is 32.1. The summed E-state index contributed by atoms with van der Waals surface area (Å²) >= 11 is 1.43. The second kappa shape index (κ2) is 4.77. The molecular weight excluding hydrogens is 212 g/mol. The van der Waals surface area contributed by atoms with E-state index in [0.717, 1.165) is 4.88 Å². The van der Waals surface area contributed by atoms with E-state index >= 15 is 0 Å². The van der Waals surface area contributed by atoms with Gasteiger partial charge < -0.3 is 9.84 Å². The molecule has 1 atom stereocenters. The van der Waals surface area contributed by atoms with Crippen LogP contribution in [-0.4, -0.2) is 16.7 Å². The molecule has 0 saturated carbocycles. The van der Waals surface area contributed by atoms with Gasteiger partial charge in [0.25, 0.3) is 0 Å². The zero-order valence-electron chi connectivity index (χ0n) is 9.19. The molecule has 0 aliphatic rings. The van der Waals surface area contributed by atoms with E-state index in [4.69, 9.17) is 4.74 Å². The van der Waals surface area contributed by atoms with E-state index in [0.29, 0.717) is 0 Å². The van der Waals surface area contributed by atoms with Crippen LogP contribution in [0.4, 0.5) is 0 Å². The summed E-state index contributed by atoms with van der Waals surface area (Å²) in [5, 5.41) is 11.6. The Hall–Kier alpha value is -0.870. The van der Waals surface area contributed by atoms with Gasteiger partial charge in [0.05, 0.1) is 12.5 Å². The maximum atomic E-state index is 11.4. The van der Waals surface area contributed by atoms with Crippen LogP contribution in [-0.2, 0) is 9.53 Å². The quantitative estimate of drug-likeness (QED) is 0.809. The summed E-state index contributed by atoms with van der Waals surface area (Å²) in [6.07, 6.45) is -0.738. The molecule has 0 aromatic carbocycles. The molecule has 1 rings (SSSR count). The van der Waals surface area contributed by atoms with Crippen molar-refractivity contribution in [1.82, 2.24) is 0 Å². The van der Waals surface area contributed by atoms with E-state index in [1.165, 1.54) is 11.3 Å². The second-order valence-electron chi connectivity index (χ2n) is 4.32. The van der Waals surface area contributed by atoms with Crippen LogP contribution < -0.4 is 0 Å². The standard InChI is InChI=1S/C11H16O3S/c1-11(2,3)14-10(13)7-8(12)9-5-4-6-15-9/h4-6,8,12H,7H2,1-3H3/t8-/m0/s1. The van der Waals surface area contributed by atoms with Gasteiger partial charge in [-0.1, -0.05) is 6.07 Å². The zero-order valence-corrected chi connectivity index (χ0v) is 10.0. The Morgan fingerprint density at radius 1 is 1.60 bits per heavy atom. The second-order valence-corrected chi connectivity index (χ2v) is 5.30. The molecule has 0 spiro atoms. The summed E-state index contributed by atoms with van der Waals surface area (Å²) < 4.78 is 5.11. The Labute approximate surface area is 93.7 Å². The van der Waals surface area contributed by atoms with Crippen molar-refractivity contribution in [2.45, 2.75) is 38.9 Å². The fourth-order valence-corrected chi connectivity index (χ4v) is 1.83. The van der Waals surface area contributed by atoms with Crippen LogP contribution in [0.5, 0.6) is 0 Å². The van der Waals surface area contributed by atoms with Crippen LogP contribution >= 0.6 is 11.3 Å². The normalized spacial score (nSPS) is 13.6. The minimum atomic E-state index is -0.750. The third-order valence-electron chi connectivity index (χ3n) is 1.65. The third kappa shape index (κ3) is 4.44. The lowest BCUT2D eigenvalue weighted by Gasteiger charge is -2.20. The summed E-state index contributed by atoms with van der Waals surface area (Å²) in [4.78, 5) is 12.2. The monoisotopic (exact) mass is 228 g/mol. The number of esters is 1. The molecule has 0 bridgehead atoms. The Morgan fingerprint density at radius 2 is 2.27 bits per heavy atom. The Bertz CT molecular complexity index is 311. The summed E-state index contributed by atoms with van der Waals surface area (Å²) in [7, 11) is 0. The molecular formula is C11H16O3S. The highest BCUT2D eigenvalue weighted by Gasteiger charge is 2.20. The average Bonchev–Trinajstić information content (AvgIpc) is 2.50. The molecule has 0 aliphatic carbocycles. The van der Waals surface area contributed by atoms with Crippen LogP contribution in [0.25, 0.3) is 0 Å². The van der Waals surface area contributed by atoms with E-state index < -0.39 is 11.7 Å². The molecule has 0 aliphatic heterocycles. The lowest BCUT2D eigenvalue weighted by Crippen LogP contribution is -2.24. The highest BCUT2D eigenvalue weighted by molar-refractivity contribution is 7.10. The van der Waals surface area contributed by atoms with Crippen molar-refractivity contribution in [2.24, 2.45) is 0 Å². The molecule has 0 unspecified atom stereocenters. The average molecular weight is 228 g/mol. The van der Waals surface area contributed by atoms with Crippen molar-refractivity contribution < 1.29 is 14.6 Å². The molecule has 1 aromatic heterocycles. The third-order valence-corrected chi connectivity index (χ3v) is 2.63. The number of rotatable bonds is 3. The number of carbonyl (C=O) groups excluding carboxylic acids is 1. The maximum Gasteiger partial charge on any atom is 0.309 e. The molecule has 4 heteroatoms. The van der Waals surface area contributed by atoms with Crippen molar-refractivity contribution in [3.05, 3.63) is 22.4 Å². The van der Waals surface area contributed by atoms with Crippen molar-refractivity contribution in [3.63, 3.8) is 0 Å². The number of aliphatic hydroxyl groups excluding tert-OH is 1. The van der Waals surface area contributed by atoms with Gasteiger partial charge in [-0.2, -0.15) is 0 Å². The summed E-state index contributed by atoms with van der Waals surface area (Å²) in [6.45, 7) is 5.42. The first-order chi connectivity index (χ1) is 6.88. The van der Waals surface area contributed by atoms with Gasteiger partial charge in [0.15, 0.2) is 0 Å². The number of hydrogen-bond donors (Lipinski definition) is 1. The van der Waals surface area contributed by atoms with Gasteiger partial charge in [0.2, 0.25) is 0 Å². The Balaban J connectivity index is 2.45. The molecule has 1 heterocycles. The van der Waals surface area contributed by atoms with E-state index in [2.05, 4.69) is 0 Å². The first kappa shape index (κ1) is 12.2. The minimum absolute atomic E-state index is 0.0117. The van der Waals surface area contributed by atoms with Crippen LogP contribution in [0.3, 0.4) is 0 Å². The predicted octanol–water partition coefficient (Wildman–Crippen LogP) is 2.51. The molecule has 0 radical (unpaired) electrons. The predicted molar refractivity (Wildman–Crippen MR) is 59.7 cm³/mol. The van der Waals surface area contributed by atoms with Crippen molar-refractivity contribution >= 4 is 17.3 Å². The van der Waals surface area contributed by atoms with Gasteiger partial charge in [0, 0.05) is 4.88 Å². The maximum absolute atomic E-state index is 11.4. The van der Waals surface area contributed by atoms with Crippen LogP contribution in [0, 0.1) is 0 Å². The smallest absolute Gasteiger partial charge is 0.309 e. The largest absolute Gasteiger partial charge is 0.460 e. The molecule has 1 aromatic rings. The molecule has 0 saturated heterocycles. The SMILES string of the molecule is CC(C)(C)OC(=O)C[C@H](O)c1cccs1. The van der Waals surface area contributed by atoms with Gasteiger partial charge in [0.1, 0.15) is 5.60 Å². The lowest BCUT2D eigenvalue weighted by molar-refractivity contribution is -0.157. The first-order valence-corrected chi connectivity index (χ1v) is 5.70. The molecule has 84 valence electrons. The Morgan fingerprint density at radius 3 is 2.73 bits per heavy atom. The van der Waals surface area contributed by atoms with E-state index in [1.54, 1.807) is 6.07 Å². The van der Waals surface area contributed by atoms with Crippen LogP contribution in [0.15, 0.2) is 17.5 Å². The molecule has 3 nitrogen and oxygen atoms in total. The molecule has 15 heavy (non-hydrogen) atoms. The summed E-state index contributed by atoms with van der Waals surface area (Å²) in [5.41, 5.74) is -0.494. The fourth-order valence-electron chi connectivity index (χ4n) is 1.12. The van der Waals surface area contributed by atoms with Gasteiger partial charge in [-0.3, -0.25) is 4.79 Å². The van der Waals surface area contributed by atoms with Gasteiger partial charge in [-0.05, 0) is 32.2 Å². The number of hydrogen-bond acceptors (Lipinski definition) is 4. The zero-order chi connectivity index (χ0) is 11.5. The topological polar surface area (TPSA) is 46.5 Å². The van der Waals surface area contributed by atoms with Crippen molar-refractivity contribution in [2.75, 3.05) is 0 Å². The van der Waals surface area contributed by atoms with Gasteiger partial charge in [-0.25, -0.2) is 0 Å². The fraction of sp³-hybridized carbons (Fsp3) is 0.545.